The Hall–Kier alpha value is -2.49. The van der Waals surface area contributed by atoms with E-state index in [1.807, 2.05) is 24.3 Å². The van der Waals surface area contributed by atoms with Gasteiger partial charge in [0, 0.05) is 4.47 Å². The fourth-order valence-electron chi connectivity index (χ4n) is 2.50. The molecule has 0 aliphatic carbocycles. The molecule has 2 amide bonds. The predicted octanol–water partition coefficient (Wildman–Crippen LogP) is 3.99. The zero-order valence-corrected chi connectivity index (χ0v) is 17.4. The van der Waals surface area contributed by atoms with E-state index < -0.39 is 11.9 Å². The largest absolute Gasteiger partial charge is 0.478 e. The van der Waals surface area contributed by atoms with Gasteiger partial charge in [0.2, 0.25) is 5.91 Å². The van der Waals surface area contributed by atoms with Crippen LogP contribution < -0.4 is 5.32 Å². The van der Waals surface area contributed by atoms with Crippen LogP contribution in [0.25, 0.3) is 6.08 Å². The zero-order valence-electron chi connectivity index (χ0n) is 14.2. The summed E-state index contributed by atoms with van der Waals surface area (Å²) in [5.41, 5.74) is 0.959. The quantitative estimate of drug-likeness (QED) is 0.501. The molecule has 0 atom stereocenters. The van der Waals surface area contributed by atoms with Crippen molar-refractivity contribution in [2.45, 2.75) is 0 Å². The maximum absolute atomic E-state index is 12.6. The van der Waals surface area contributed by atoms with Crippen LogP contribution in [0.4, 0.5) is 5.69 Å². The third-order valence-electron chi connectivity index (χ3n) is 3.75. The van der Waals surface area contributed by atoms with Crippen molar-refractivity contribution >= 4 is 73.8 Å². The van der Waals surface area contributed by atoms with Crippen molar-refractivity contribution in [3.63, 3.8) is 0 Å². The summed E-state index contributed by atoms with van der Waals surface area (Å²) < 4.78 is 1.15. The van der Waals surface area contributed by atoms with Crippen LogP contribution in [-0.4, -0.2) is 38.7 Å². The first-order valence-corrected chi connectivity index (χ1v) is 10.00. The normalized spacial score (nSPS) is 15.2. The van der Waals surface area contributed by atoms with Gasteiger partial charge in [-0.1, -0.05) is 64.2 Å². The average Bonchev–Trinajstić information content (AvgIpc) is 2.89. The highest BCUT2D eigenvalue weighted by molar-refractivity contribution is 9.10. The Labute approximate surface area is 178 Å². The molecule has 6 nitrogen and oxygen atoms in total. The SMILES string of the molecule is O=C(CN1C(=O)C(=Cc2cccc(Br)c2)SC1=S)Nc1ccccc1C(=O)O. The number of anilines is 1. The number of carboxylic acids is 1. The average molecular weight is 477 g/mol. The van der Waals surface area contributed by atoms with Gasteiger partial charge >= 0.3 is 5.97 Å². The van der Waals surface area contributed by atoms with E-state index in [0.717, 1.165) is 21.8 Å². The first-order valence-electron chi connectivity index (χ1n) is 7.98. The first-order chi connectivity index (χ1) is 13.3. The third kappa shape index (κ3) is 4.67. The number of halogens is 1. The highest BCUT2D eigenvalue weighted by atomic mass is 79.9. The second kappa shape index (κ2) is 8.68. The summed E-state index contributed by atoms with van der Waals surface area (Å²) >= 11 is 9.73. The Morgan fingerprint density at radius 3 is 2.68 bits per heavy atom. The van der Waals surface area contributed by atoms with Gasteiger partial charge in [-0.15, -0.1) is 0 Å². The van der Waals surface area contributed by atoms with Crippen molar-refractivity contribution in [2.24, 2.45) is 0 Å². The van der Waals surface area contributed by atoms with E-state index in [4.69, 9.17) is 12.2 Å². The summed E-state index contributed by atoms with van der Waals surface area (Å²) in [5.74, 6) is -2.05. The standard InChI is InChI=1S/C19H13BrN2O4S2/c20-12-5-3-4-11(8-12)9-15-17(24)22(19(27)28-15)10-16(23)21-14-7-2-1-6-13(14)18(25)26/h1-9H,10H2,(H,21,23)(H,25,26). The number of amides is 2. The van der Waals surface area contributed by atoms with Crippen LogP contribution >= 0.6 is 39.9 Å². The van der Waals surface area contributed by atoms with Crippen LogP contribution in [0, 0.1) is 0 Å². The Bertz CT molecular complexity index is 1020. The summed E-state index contributed by atoms with van der Waals surface area (Å²) in [6.07, 6.45) is 1.71. The van der Waals surface area contributed by atoms with Gasteiger partial charge in [-0.3, -0.25) is 14.5 Å². The second-order valence-electron chi connectivity index (χ2n) is 5.72. The number of carbonyl (C=O) groups is 3. The number of thiocarbonyl (C=S) groups is 1. The molecule has 1 fully saturated rings. The van der Waals surface area contributed by atoms with Crippen LogP contribution in [0.1, 0.15) is 15.9 Å². The molecule has 28 heavy (non-hydrogen) atoms. The molecule has 3 rings (SSSR count). The van der Waals surface area contributed by atoms with E-state index in [-0.39, 0.29) is 28.0 Å². The van der Waals surface area contributed by atoms with Crippen LogP contribution in [0.15, 0.2) is 57.9 Å². The minimum absolute atomic E-state index is 0.0317. The van der Waals surface area contributed by atoms with Crippen molar-refractivity contribution in [3.05, 3.63) is 69.0 Å². The molecule has 2 N–H and O–H groups in total. The molecule has 142 valence electrons. The van der Waals surface area contributed by atoms with Gasteiger partial charge < -0.3 is 10.4 Å². The van der Waals surface area contributed by atoms with E-state index >= 15 is 0 Å². The minimum atomic E-state index is -1.15. The predicted molar refractivity (Wildman–Crippen MR) is 116 cm³/mol. The van der Waals surface area contributed by atoms with Crippen LogP contribution in [0.5, 0.6) is 0 Å². The van der Waals surface area contributed by atoms with E-state index in [1.54, 1.807) is 18.2 Å². The van der Waals surface area contributed by atoms with Crippen LogP contribution in [0.2, 0.25) is 0 Å². The number of carbonyl (C=O) groups excluding carboxylic acids is 2. The molecule has 1 aliphatic heterocycles. The lowest BCUT2D eigenvalue weighted by Crippen LogP contribution is -2.36. The van der Waals surface area contributed by atoms with Crippen molar-refractivity contribution in [3.8, 4) is 0 Å². The number of benzene rings is 2. The number of aromatic carboxylic acids is 1. The Kier molecular flexibility index (Phi) is 6.28. The van der Waals surface area contributed by atoms with Gasteiger partial charge in [-0.05, 0) is 35.9 Å². The van der Waals surface area contributed by atoms with E-state index in [1.165, 1.54) is 17.0 Å². The number of rotatable bonds is 5. The van der Waals surface area contributed by atoms with Crippen molar-refractivity contribution in [2.75, 3.05) is 11.9 Å². The number of hydrogen-bond acceptors (Lipinski definition) is 5. The van der Waals surface area contributed by atoms with Crippen LogP contribution in [0.3, 0.4) is 0 Å². The molecule has 2 aromatic rings. The van der Waals surface area contributed by atoms with Gasteiger partial charge in [0.15, 0.2) is 0 Å². The summed E-state index contributed by atoms with van der Waals surface area (Å²) in [5, 5.41) is 11.7. The molecule has 9 heteroatoms. The van der Waals surface area contributed by atoms with Gasteiger partial charge in [-0.2, -0.15) is 0 Å². The number of nitrogens with zero attached hydrogens (tertiary/aromatic N) is 1. The molecule has 2 aromatic carbocycles. The Morgan fingerprint density at radius 1 is 1.21 bits per heavy atom. The molecule has 0 spiro atoms. The van der Waals surface area contributed by atoms with E-state index in [2.05, 4.69) is 21.2 Å². The maximum Gasteiger partial charge on any atom is 0.337 e. The maximum atomic E-state index is 12.6. The van der Waals surface area contributed by atoms with Crippen molar-refractivity contribution < 1.29 is 19.5 Å². The van der Waals surface area contributed by atoms with Gasteiger partial charge in [0.05, 0.1) is 16.2 Å². The number of hydrogen-bond donors (Lipinski definition) is 2. The Balaban J connectivity index is 1.73. The lowest BCUT2D eigenvalue weighted by atomic mass is 10.2. The van der Waals surface area contributed by atoms with E-state index in [9.17, 15) is 19.5 Å². The highest BCUT2D eigenvalue weighted by Crippen LogP contribution is 2.32. The fourth-order valence-corrected chi connectivity index (χ4v) is 4.17. The number of carboxylic acid groups (broad SMARTS) is 1. The molecule has 0 bridgehead atoms. The number of nitrogens with one attached hydrogen (secondary N) is 1. The molecule has 0 unspecified atom stereocenters. The smallest absolute Gasteiger partial charge is 0.337 e. The van der Waals surface area contributed by atoms with E-state index in [0.29, 0.717) is 4.91 Å². The minimum Gasteiger partial charge on any atom is -0.478 e. The summed E-state index contributed by atoms with van der Waals surface area (Å²) in [6, 6.07) is 13.5. The lowest BCUT2D eigenvalue weighted by Gasteiger charge is -2.15. The van der Waals surface area contributed by atoms with Crippen molar-refractivity contribution in [1.29, 1.82) is 0 Å². The molecule has 1 saturated heterocycles. The Morgan fingerprint density at radius 2 is 1.96 bits per heavy atom. The fraction of sp³-hybridized carbons (Fsp3) is 0.0526. The zero-order chi connectivity index (χ0) is 20.3. The molecule has 1 heterocycles. The molecule has 1 aliphatic rings. The first kappa shape index (κ1) is 20.2. The topological polar surface area (TPSA) is 86.7 Å². The van der Waals surface area contributed by atoms with Gasteiger partial charge in [0.1, 0.15) is 10.9 Å². The van der Waals surface area contributed by atoms with Crippen molar-refractivity contribution in [1.82, 2.24) is 4.90 Å². The number of thioether (sulfide) groups is 1. The second-order valence-corrected chi connectivity index (χ2v) is 8.31. The molecule has 0 radical (unpaired) electrons. The van der Waals surface area contributed by atoms with Gasteiger partial charge in [0.25, 0.3) is 5.91 Å². The van der Waals surface area contributed by atoms with Crippen LogP contribution in [-0.2, 0) is 9.59 Å². The number of para-hydroxylation sites is 1. The summed E-state index contributed by atoms with van der Waals surface area (Å²) in [7, 11) is 0. The molecular weight excluding hydrogens is 464 g/mol. The lowest BCUT2D eigenvalue weighted by molar-refractivity contribution is -0.126. The summed E-state index contributed by atoms with van der Waals surface area (Å²) in [4.78, 5) is 37.8. The monoisotopic (exact) mass is 476 g/mol. The summed E-state index contributed by atoms with van der Waals surface area (Å²) in [6.45, 7) is -0.297. The molecule has 0 saturated carbocycles. The molecule has 0 aromatic heterocycles. The highest BCUT2D eigenvalue weighted by Gasteiger charge is 2.33. The van der Waals surface area contributed by atoms with Gasteiger partial charge in [-0.25, -0.2) is 4.79 Å². The third-order valence-corrected chi connectivity index (χ3v) is 5.62. The molecular formula is C19H13BrN2O4S2.